The van der Waals surface area contributed by atoms with Gasteiger partial charge in [-0.15, -0.1) is 5.10 Å². The Labute approximate surface area is 122 Å². The number of hydrogen-bond acceptors (Lipinski definition) is 5. The number of hydrogen-bond donors (Lipinski definition) is 1. The predicted octanol–water partition coefficient (Wildman–Crippen LogP) is 2.09. The minimum atomic E-state index is 0.663. The Morgan fingerprint density at radius 1 is 1.14 bits per heavy atom. The van der Waals surface area contributed by atoms with Crippen molar-refractivity contribution in [2.75, 3.05) is 11.9 Å². The summed E-state index contributed by atoms with van der Waals surface area (Å²) in [7, 11) is 0. The van der Waals surface area contributed by atoms with Crippen LogP contribution in [0.1, 0.15) is 18.4 Å². The molecular weight excluding hydrogens is 264 g/mol. The Bertz CT molecular complexity index is 747. The average molecular weight is 280 g/mol. The molecule has 1 aliphatic rings. The molecule has 0 atom stereocenters. The molecule has 6 heteroatoms. The summed E-state index contributed by atoms with van der Waals surface area (Å²) in [6, 6.07) is 10.2. The van der Waals surface area contributed by atoms with Crippen molar-refractivity contribution in [1.82, 2.24) is 25.0 Å². The molecule has 1 aromatic carbocycles. The first-order chi connectivity index (χ1) is 10.4. The van der Waals surface area contributed by atoms with Crippen molar-refractivity contribution in [2.24, 2.45) is 5.92 Å². The van der Waals surface area contributed by atoms with Crippen molar-refractivity contribution in [3.05, 3.63) is 42.2 Å². The second kappa shape index (κ2) is 5.12. The Hall–Kier alpha value is -2.50. The van der Waals surface area contributed by atoms with E-state index in [1.54, 1.807) is 6.33 Å². The highest BCUT2D eigenvalue weighted by molar-refractivity contribution is 5.81. The van der Waals surface area contributed by atoms with Crippen LogP contribution in [0.15, 0.2) is 36.7 Å². The van der Waals surface area contributed by atoms with Crippen molar-refractivity contribution in [2.45, 2.75) is 19.4 Å². The molecule has 2 aromatic heterocycles. The highest BCUT2D eigenvalue weighted by atomic mass is 15.4. The summed E-state index contributed by atoms with van der Waals surface area (Å²) in [5.41, 5.74) is 2.69. The molecule has 6 nitrogen and oxygen atoms in total. The number of benzene rings is 1. The molecule has 0 saturated heterocycles. The molecule has 1 saturated carbocycles. The molecule has 4 rings (SSSR count). The van der Waals surface area contributed by atoms with Crippen molar-refractivity contribution in [1.29, 1.82) is 0 Å². The fraction of sp³-hybridized carbons (Fsp3) is 0.333. The second-order valence-corrected chi connectivity index (χ2v) is 5.45. The van der Waals surface area contributed by atoms with Gasteiger partial charge in [0.15, 0.2) is 17.0 Å². The lowest BCUT2D eigenvalue weighted by molar-refractivity contribution is 0.664. The van der Waals surface area contributed by atoms with Gasteiger partial charge in [0.25, 0.3) is 0 Å². The van der Waals surface area contributed by atoms with Gasteiger partial charge >= 0.3 is 0 Å². The number of anilines is 1. The van der Waals surface area contributed by atoms with Crippen LogP contribution in [-0.2, 0) is 6.54 Å². The molecule has 1 aliphatic carbocycles. The van der Waals surface area contributed by atoms with Crippen molar-refractivity contribution >= 4 is 17.0 Å². The molecule has 106 valence electrons. The first-order valence-electron chi connectivity index (χ1n) is 7.22. The number of nitrogens with one attached hydrogen (secondary N) is 1. The molecule has 0 spiro atoms. The van der Waals surface area contributed by atoms with Crippen LogP contribution < -0.4 is 5.32 Å². The topological polar surface area (TPSA) is 68.5 Å². The minimum absolute atomic E-state index is 0.663. The van der Waals surface area contributed by atoms with Gasteiger partial charge in [-0.3, -0.25) is 0 Å². The summed E-state index contributed by atoms with van der Waals surface area (Å²) in [5.74, 6) is 1.57. The highest BCUT2D eigenvalue weighted by Crippen LogP contribution is 2.29. The lowest BCUT2D eigenvalue weighted by Crippen LogP contribution is -2.06. The van der Waals surface area contributed by atoms with Crippen LogP contribution in [-0.4, -0.2) is 31.5 Å². The van der Waals surface area contributed by atoms with E-state index in [0.29, 0.717) is 6.54 Å². The zero-order valence-corrected chi connectivity index (χ0v) is 11.6. The van der Waals surface area contributed by atoms with E-state index in [-0.39, 0.29) is 0 Å². The van der Waals surface area contributed by atoms with Gasteiger partial charge in [-0.05, 0) is 24.3 Å². The van der Waals surface area contributed by atoms with Crippen LogP contribution in [0.3, 0.4) is 0 Å². The van der Waals surface area contributed by atoms with Crippen molar-refractivity contribution < 1.29 is 0 Å². The maximum atomic E-state index is 4.33. The monoisotopic (exact) mass is 280 g/mol. The second-order valence-electron chi connectivity index (χ2n) is 5.45. The fourth-order valence-corrected chi connectivity index (χ4v) is 2.35. The van der Waals surface area contributed by atoms with E-state index in [1.165, 1.54) is 18.4 Å². The van der Waals surface area contributed by atoms with E-state index in [9.17, 15) is 0 Å². The van der Waals surface area contributed by atoms with Gasteiger partial charge < -0.3 is 5.32 Å². The van der Waals surface area contributed by atoms with Gasteiger partial charge in [0.05, 0.1) is 6.54 Å². The summed E-state index contributed by atoms with van der Waals surface area (Å²) >= 11 is 0. The quantitative estimate of drug-likeness (QED) is 0.775. The van der Waals surface area contributed by atoms with Gasteiger partial charge in [-0.2, -0.15) is 0 Å². The number of rotatable bonds is 5. The van der Waals surface area contributed by atoms with E-state index >= 15 is 0 Å². The number of fused-ring (bicyclic) bond motifs is 1. The molecule has 0 aliphatic heterocycles. The molecule has 3 aromatic rings. The number of nitrogens with zero attached hydrogens (tertiary/aromatic N) is 5. The first-order valence-corrected chi connectivity index (χ1v) is 7.22. The molecule has 1 N–H and O–H groups in total. The molecule has 0 amide bonds. The zero-order valence-electron chi connectivity index (χ0n) is 11.6. The molecule has 21 heavy (non-hydrogen) atoms. The summed E-state index contributed by atoms with van der Waals surface area (Å²) in [6.07, 6.45) is 4.19. The van der Waals surface area contributed by atoms with Gasteiger partial charge in [-0.1, -0.05) is 35.5 Å². The molecule has 0 bridgehead atoms. The van der Waals surface area contributed by atoms with Gasteiger partial charge in [-0.25, -0.2) is 14.6 Å². The van der Waals surface area contributed by atoms with E-state index in [2.05, 4.69) is 37.7 Å². The Kier molecular flexibility index (Phi) is 2.99. The molecular formula is C15H16N6. The molecule has 0 radical (unpaired) electrons. The van der Waals surface area contributed by atoms with Crippen LogP contribution in [0.5, 0.6) is 0 Å². The highest BCUT2D eigenvalue weighted by Gasteiger charge is 2.21. The Morgan fingerprint density at radius 2 is 2.00 bits per heavy atom. The zero-order chi connectivity index (χ0) is 14.1. The lowest BCUT2D eigenvalue weighted by atomic mass is 10.2. The maximum absolute atomic E-state index is 4.33. The van der Waals surface area contributed by atoms with Gasteiger partial charge in [0, 0.05) is 6.54 Å². The van der Waals surface area contributed by atoms with Crippen LogP contribution in [0.25, 0.3) is 11.2 Å². The average Bonchev–Trinajstić information content (AvgIpc) is 3.27. The van der Waals surface area contributed by atoms with Crippen molar-refractivity contribution in [3.63, 3.8) is 0 Å². The van der Waals surface area contributed by atoms with Crippen LogP contribution in [0, 0.1) is 5.92 Å². The first kappa shape index (κ1) is 12.3. The largest absolute Gasteiger partial charge is 0.368 e. The summed E-state index contributed by atoms with van der Waals surface area (Å²) in [4.78, 5) is 8.62. The molecule has 2 heterocycles. The van der Waals surface area contributed by atoms with E-state index in [1.807, 2.05) is 22.9 Å². The molecule has 1 fully saturated rings. The van der Waals surface area contributed by atoms with E-state index in [0.717, 1.165) is 29.4 Å². The minimum Gasteiger partial charge on any atom is -0.368 e. The summed E-state index contributed by atoms with van der Waals surface area (Å²) in [6.45, 7) is 1.62. The van der Waals surface area contributed by atoms with Crippen LogP contribution >= 0.6 is 0 Å². The van der Waals surface area contributed by atoms with Crippen molar-refractivity contribution in [3.8, 4) is 0 Å². The van der Waals surface area contributed by atoms with Gasteiger partial charge in [0.1, 0.15) is 6.33 Å². The third-order valence-corrected chi connectivity index (χ3v) is 3.73. The lowest BCUT2D eigenvalue weighted by Gasteiger charge is -2.04. The standard InChI is InChI=1S/C15H16N6/c1-2-4-12(5-3-1)9-21-15-13(19-20-21)14(17-10-18-15)16-8-11-6-7-11/h1-5,10-11H,6-9H2,(H,16,17,18). The normalized spacial score (nSPS) is 14.5. The number of aromatic nitrogens is 5. The van der Waals surface area contributed by atoms with E-state index < -0.39 is 0 Å². The Balaban J connectivity index is 1.63. The summed E-state index contributed by atoms with van der Waals surface area (Å²) in [5, 5.41) is 11.8. The fourth-order valence-electron chi connectivity index (χ4n) is 2.35. The predicted molar refractivity (Wildman–Crippen MR) is 79.9 cm³/mol. The maximum Gasteiger partial charge on any atom is 0.184 e. The van der Waals surface area contributed by atoms with E-state index in [4.69, 9.17) is 0 Å². The third-order valence-electron chi connectivity index (χ3n) is 3.73. The summed E-state index contributed by atoms with van der Waals surface area (Å²) < 4.78 is 1.81. The smallest absolute Gasteiger partial charge is 0.184 e. The van der Waals surface area contributed by atoms with Crippen LogP contribution in [0.2, 0.25) is 0 Å². The molecule has 0 unspecified atom stereocenters. The third kappa shape index (κ3) is 2.56. The van der Waals surface area contributed by atoms with Crippen LogP contribution in [0.4, 0.5) is 5.82 Å². The Morgan fingerprint density at radius 3 is 2.81 bits per heavy atom. The van der Waals surface area contributed by atoms with Gasteiger partial charge in [0.2, 0.25) is 0 Å². The SMILES string of the molecule is c1ccc(Cn2nnc3c(NCC4CC4)ncnc32)cc1.